The molecule has 1 aliphatic heterocycles. The number of morpholine rings is 1. The number of hydrogen-bond donors (Lipinski definition) is 1. The lowest BCUT2D eigenvalue weighted by molar-refractivity contribution is -0.0246. The first-order valence-electron chi connectivity index (χ1n) is 7.00. The Hall–Kier alpha value is -1.10. The first-order valence-corrected chi connectivity index (χ1v) is 7.53. The number of nitrogens with one attached hydrogen (secondary N) is 1. The molecule has 20 heavy (non-hydrogen) atoms. The van der Waals surface area contributed by atoms with Crippen LogP contribution in [0.2, 0.25) is 0 Å². The molecule has 0 saturated carbocycles. The average molecular weight is 297 g/mol. The number of benzene rings is 1. The van der Waals surface area contributed by atoms with Crippen molar-refractivity contribution in [3.05, 3.63) is 35.4 Å². The van der Waals surface area contributed by atoms with E-state index in [2.05, 4.69) is 17.1 Å². The van der Waals surface area contributed by atoms with E-state index in [1.54, 1.807) is 6.07 Å². The summed E-state index contributed by atoms with van der Waals surface area (Å²) in [4.78, 5) is 14.4. The van der Waals surface area contributed by atoms with Crippen LogP contribution in [-0.2, 0) is 10.6 Å². The summed E-state index contributed by atoms with van der Waals surface area (Å²) >= 11 is 5.78. The molecule has 0 aliphatic carbocycles. The highest BCUT2D eigenvalue weighted by Gasteiger charge is 2.19. The van der Waals surface area contributed by atoms with Crippen LogP contribution in [0.1, 0.15) is 22.8 Å². The van der Waals surface area contributed by atoms with E-state index in [-0.39, 0.29) is 12.0 Å². The van der Waals surface area contributed by atoms with Crippen molar-refractivity contribution in [2.24, 2.45) is 0 Å². The standard InChI is InChI=1S/C15H21ClN2O2/c1-2-18-6-7-20-14(11-18)10-17-15(19)13-5-3-4-12(8-13)9-16/h3-5,8,14H,2,6-7,9-11H2,1H3,(H,17,19). The number of rotatable bonds is 5. The third-order valence-electron chi connectivity index (χ3n) is 3.50. The van der Waals surface area contributed by atoms with Crippen LogP contribution in [0.3, 0.4) is 0 Å². The van der Waals surface area contributed by atoms with E-state index in [1.165, 1.54) is 0 Å². The molecule has 110 valence electrons. The molecular weight excluding hydrogens is 276 g/mol. The minimum Gasteiger partial charge on any atom is -0.374 e. The molecule has 0 spiro atoms. The summed E-state index contributed by atoms with van der Waals surface area (Å²) in [7, 11) is 0. The molecule has 4 nitrogen and oxygen atoms in total. The molecule has 0 radical (unpaired) electrons. The van der Waals surface area contributed by atoms with Crippen LogP contribution in [0.4, 0.5) is 0 Å². The van der Waals surface area contributed by atoms with Gasteiger partial charge in [0, 0.05) is 31.1 Å². The Balaban J connectivity index is 1.85. The number of halogens is 1. The molecule has 2 rings (SSSR count). The van der Waals surface area contributed by atoms with Gasteiger partial charge in [0.05, 0.1) is 12.7 Å². The summed E-state index contributed by atoms with van der Waals surface area (Å²) < 4.78 is 5.66. The zero-order valence-electron chi connectivity index (χ0n) is 11.8. The van der Waals surface area contributed by atoms with Crippen molar-refractivity contribution in [3.63, 3.8) is 0 Å². The van der Waals surface area contributed by atoms with Crippen LogP contribution >= 0.6 is 11.6 Å². The fourth-order valence-corrected chi connectivity index (χ4v) is 2.46. The third kappa shape index (κ3) is 4.20. The van der Waals surface area contributed by atoms with Crippen LogP contribution in [0.5, 0.6) is 0 Å². The maximum absolute atomic E-state index is 12.1. The summed E-state index contributed by atoms with van der Waals surface area (Å²) in [5, 5.41) is 2.93. The van der Waals surface area contributed by atoms with E-state index in [0.29, 0.717) is 18.0 Å². The van der Waals surface area contributed by atoms with Crippen molar-refractivity contribution >= 4 is 17.5 Å². The Labute approximate surface area is 125 Å². The van der Waals surface area contributed by atoms with Crippen molar-refractivity contribution in [1.82, 2.24) is 10.2 Å². The molecular formula is C15H21ClN2O2. The van der Waals surface area contributed by atoms with Gasteiger partial charge in [-0.3, -0.25) is 9.69 Å². The normalized spacial score (nSPS) is 19.8. The monoisotopic (exact) mass is 296 g/mol. The van der Waals surface area contributed by atoms with Gasteiger partial charge in [0.25, 0.3) is 5.91 Å². The second-order valence-electron chi connectivity index (χ2n) is 4.93. The van der Waals surface area contributed by atoms with Crippen LogP contribution in [0.25, 0.3) is 0 Å². The lowest BCUT2D eigenvalue weighted by Crippen LogP contribution is -2.47. The van der Waals surface area contributed by atoms with Crippen molar-refractivity contribution in [3.8, 4) is 0 Å². The van der Waals surface area contributed by atoms with Gasteiger partial charge in [-0.1, -0.05) is 19.1 Å². The van der Waals surface area contributed by atoms with Gasteiger partial charge in [-0.05, 0) is 24.2 Å². The van der Waals surface area contributed by atoms with Gasteiger partial charge < -0.3 is 10.1 Å². The van der Waals surface area contributed by atoms with Gasteiger partial charge in [0.15, 0.2) is 0 Å². The number of carbonyl (C=O) groups is 1. The predicted octanol–water partition coefficient (Wildman–Crippen LogP) is 1.88. The highest BCUT2D eigenvalue weighted by molar-refractivity contribution is 6.17. The third-order valence-corrected chi connectivity index (χ3v) is 3.81. The highest BCUT2D eigenvalue weighted by Crippen LogP contribution is 2.08. The molecule has 0 aromatic heterocycles. The largest absolute Gasteiger partial charge is 0.374 e. The minimum atomic E-state index is -0.0748. The van der Waals surface area contributed by atoms with Gasteiger partial charge in [-0.15, -0.1) is 11.6 Å². The summed E-state index contributed by atoms with van der Waals surface area (Å²) in [5.41, 5.74) is 1.59. The van der Waals surface area contributed by atoms with E-state index < -0.39 is 0 Å². The molecule has 1 aromatic rings. The molecule has 1 fully saturated rings. The van der Waals surface area contributed by atoms with Gasteiger partial charge >= 0.3 is 0 Å². The molecule has 1 heterocycles. The first kappa shape index (κ1) is 15.3. The van der Waals surface area contributed by atoms with Gasteiger partial charge in [-0.25, -0.2) is 0 Å². The number of carbonyl (C=O) groups excluding carboxylic acids is 1. The maximum Gasteiger partial charge on any atom is 0.251 e. The predicted molar refractivity (Wildman–Crippen MR) is 80.2 cm³/mol. The van der Waals surface area contributed by atoms with E-state index >= 15 is 0 Å². The molecule has 5 heteroatoms. The average Bonchev–Trinajstić information content (AvgIpc) is 2.52. The molecule has 1 atom stereocenters. The lowest BCUT2D eigenvalue weighted by Gasteiger charge is -2.32. The zero-order chi connectivity index (χ0) is 14.4. The Morgan fingerprint density at radius 3 is 3.15 bits per heavy atom. The number of ether oxygens (including phenoxy) is 1. The molecule has 0 bridgehead atoms. The highest BCUT2D eigenvalue weighted by atomic mass is 35.5. The Bertz CT molecular complexity index is 453. The van der Waals surface area contributed by atoms with Gasteiger partial charge in [-0.2, -0.15) is 0 Å². The Morgan fingerprint density at radius 2 is 2.40 bits per heavy atom. The fourth-order valence-electron chi connectivity index (χ4n) is 2.30. The Morgan fingerprint density at radius 1 is 1.55 bits per heavy atom. The van der Waals surface area contributed by atoms with Crippen molar-refractivity contribution in [2.45, 2.75) is 18.9 Å². The first-order chi connectivity index (χ1) is 9.72. The zero-order valence-corrected chi connectivity index (χ0v) is 12.5. The summed E-state index contributed by atoms with van der Waals surface area (Å²) in [6, 6.07) is 7.38. The quantitative estimate of drug-likeness (QED) is 0.844. The van der Waals surface area contributed by atoms with Crippen molar-refractivity contribution in [2.75, 3.05) is 32.8 Å². The van der Waals surface area contributed by atoms with E-state index in [0.717, 1.165) is 31.8 Å². The second-order valence-corrected chi connectivity index (χ2v) is 5.20. The van der Waals surface area contributed by atoms with Gasteiger partial charge in [0.1, 0.15) is 0 Å². The molecule has 1 saturated heterocycles. The number of alkyl halides is 1. The smallest absolute Gasteiger partial charge is 0.251 e. The van der Waals surface area contributed by atoms with Crippen molar-refractivity contribution < 1.29 is 9.53 Å². The SMILES string of the molecule is CCN1CCOC(CNC(=O)c2cccc(CCl)c2)C1. The minimum absolute atomic E-state index is 0.0730. The summed E-state index contributed by atoms with van der Waals surface area (Å²) in [6.07, 6.45) is 0.0730. The van der Waals surface area contributed by atoms with E-state index in [9.17, 15) is 4.79 Å². The molecule has 1 aliphatic rings. The molecule has 1 unspecified atom stereocenters. The maximum atomic E-state index is 12.1. The molecule has 1 aromatic carbocycles. The molecule has 1 N–H and O–H groups in total. The second kappa shape index (κ2) is 7.62. The fraction of sp³-hybridized carbons (Fsp3) is 0.533. The van der Waals surface area contributed by atoms with E-state index in [4.69, 9.17) is 16.3 Å². The lowest BCUT2D eigenvalue weighted by atomic mass is 10.1. The van der Waals surface area contributed by atoms with Gasteiger partial charge in [0.2, 0.25) is 0 Å². The molecule has 1 amide bonds. The van der Waals surface area contributed by atoms with Crippen LogP contribution in [-0.4, -0.2) is 49.7 Å². The topological polar surface area (TPSA) is 41.6 Å². The van der Waals surface area contributed by atoms with E-state index in [1.807, 2.05) is 18.2 Å². The number of likely N-dealkylation sites (N-methyl/N-ethyl adjacent to an activating group) is 1. The van der Waals surface area contributed by atoms with Crippen LogP contribution < -0.4 is 5.32 Å². The van der Waals surface area contributed by atoms with Crippen LogP contribution in [0.15, 0.2) is 24.3 Å². The van der Waals surface area contributed by atoms with Crippen LogP contribution in [0, 0.1) is 0 Å². The number of nitrogens with zero attached hydrogens (tertiary/aromatic N) is 1. The van der Waals surface area contributed by atoms with Crippen molar-refractivity contribution in [1.29, 1.82) is 0 Å². The summed E-state index contributed by atoms with van der Waals surface area (Å²) in [6.45, 7) is 6.28. The Kier molecular flexibility index (Phi) is 5.83. The number of hydrogen-bond acceptors (Lipinski definition) is 3. The number of amides is 1. The summed E-state index contributed by atoms with van der Waals surface area (Å²) in [5.74, 6) is 0.340.